The first kappa shape index (κ1) is 15.3. The van der Waals surface area contributed by atoms with Gasteiger partial charge in [0.05, 0.1) is 25.7 Å². The number of hydrogen-bond acceptors (Lipinski definition) is 6. The number of carbonyl (C=O) groups is 1. The Balaban J connectivity index is 2.31. The molecule has 2 heterocycles. The van der Waals surface area contributed by atoms with Gasteiger partial charge in [-0.15, -0.1) is 0 Å². The minimum atomic E-state index is -0.760. The van der Waals surface area contributed by atoms with E-state index in [-0.39, 0.29) is 0 Å². The van der Waals surface area contributed by atoms with Crippen molar-refractivity contribution in [2.75, 3.05) is 32.2 Å². The minimum absolute atomic E-state index is 0.398. The second kappa shape index (κ2) is 6.15. The lowest BCUT2D eigenvalue weighted by molar-refractivity contribution is -0.149. The van der Waals surface area contributed by atoms with E-state index >= 15 is 0 Å². The standard InChI is InChI=1S/C14H21N3O4/c1-4-14(12(18)19)6-5-7-17(9-14)13-15-10(20-2)8-11(16-13)21-3/h8H,4-7,9H2,1-3H3,(H,18,19). The van der Waals surface area contributed by atoms with Crippen molar-refractivity contribution in [1.29, 1.82) is 0 Å². The Kier molecular flexibility index (Phi) is 4.50. The molecule has 116 valence electrons. The third-order valence-corrected chi connectivity index (χ3v) is 4.08. The highest BCUT2D eigenvalue weighted by Gasteiger charge is 2.41. The molecule has 2 rings (SSSR count). The van der Waals surface area contributed by atoms with Crippen LogP contribution in [0.5, 0.6) is 11.8 Å². The third kappa shape index (κ3) is 3.01. The topological polar surface area (TPSA) is 84.8 Å². The number of ether oxygens (including phenoxy) is 2. The van der Waals surface area contributed by atoms with Gasteiger partial charge in [-0.3, -0.25) is 4.79 Å². The number of nitrogens with zero attached hydrogens (tertiary/aromatic N) is 3. The van der Waals surface area contributed by atoms with Gasteiger partial charge in [-0.2, -0.15) is 9.97 Å². The number of aromatic nitrogens is 2. The second-order valence-corrected chi connectivity index (χ2v) is 5.22. The SMILES string of the molecule is CCC1(C(=O)O)CCCN(c2nc(OC)cc(OC)n2)C1. The van der Waals surface area contributed by atoms with Gasteiger partial charge in [-0.05, 0) is 19.3 Å². The van der Waals surface area contributed by atoms with Crippen LogP contribution in [-0.4, -0.2) is 48.4 Å². The molecule has 1 aromatic rings. The average Bonchev–Trinajstić information content (AvgIpc) is 2.54. The summed E-state index contributed by atoms with van der Waals surface area (Å²) < 4.78 is 10.3. The van der Waals surface area contributed by atoms with Gasteiger partial charge in [0.2, 0.25) is 17.7 Å². The van der Waals surface area contributed by atoms with Crippen LogP contribution < -0.4 is 14.4 Å². The van der Waals surface area contributed by atoms with E-state index in [9.17, 15) is 9.90 Å². The van der Waals surface area contributed by atoms with Crippen molar-refractivity contribution in [3.8, 4) is 11.8 Å². The molecule has 0 spiro atoms. The number of anilines is 1. The molecule has 1 fully saturated rings. The molecule has 7 nitrogen and oxygen atoms in total. The van der Waals surface area contributed by atoms with E-state index in [4.69, 9.17) is 9.47 Å². The third-order valence-electron chi connectivity index (χ3n) is 4.08. The van der Waals surface area contributed by atoms with Crippen molar-refractivity contribution in [2.24, 2.45) is 5.41 Å². The summed E-state index contributed by atoms with van der Waals surface area (Å²) in [5.41, 5.74) is -0.738. The van der Waals surface area contributed by atoms with E-state index < -0.39 is 11.4 Å². The monoisotopic (exact) mass is 295 g/mol. The van der Waals surface area contributed by atoms with Gasteiger partial charge in [-0.1, -0.05) is 6.92 Å². The maximum Gasteiger partial charge on any atom is 0.311 e. The van der Waals surface area contributed by atoms with Gasteiger partial charge in [-0.25, -0.2) is 0 Å². The predicted octanol–water partition coefficient (Wildman–Crippen LogP) is 1.57. The van der Waals surface area contributed by atoms with Crippen molar-refractivity contribution < 1.29 is 19.4 Å². The molecule has 21 heavy (non-hydrogen) atoms. The van der Waals surface area contributed by atoms with E-state index in [1.165, 1.54) is 14.2 Å². The van der Waals surface area contributed by atoms with Crippen LogP contribution >= 0.6 is 0 Å². The second-order valence-electron chi connectivity index (χ2n) is 5.22. The Labute approximate surface area is 123 Å². The van der Waals surface area contributed by atoms with Crippen LogP contribution in [0.2, 0.25) is 0 Å². The molecule has 1 N–H and O–H groups in total. The van der Waals surface area contributed by atoms with Gasteiger partial charge in [0.25, 0.3) is 0 Å². The highest BCUT2D eigenvalue weighted by atomic mass is 16.5. The molecule has 1 unspecified atom stereocenters. The lowest BCUT2D eigenvalue weighted by atomic mass is 9.78. The number of methoxy groups -OCH3 is 2. The van der Waals surface area contributed by atoms with Crippen molar-refractivity contribution in [2.45, 2.75) is 26.2 Å². The zero-order valence-electron chi connectivity index (χ0n) is 12.6. The molecule has 1 atom stereocenters. The van der Waals surface area contributed by atoms with Gasteiger partial charge < -0.3 is 19.5 Å². The fourth-order valence-corrected chi connectivity index (χ4v) is 2.66. The molecule has 0 radical (unpaired) electrons. The zero-order valence-corrected chi connectivity index (χ0v) is 12.6. The maximum atomic E-state index is 11.6. The molecular formula is C14H21N3O4. The first-order chi connectivity index (χ1) is 10.0. The molecule has 0 aliphatic carbocycles. The highest BCUT2D eigenvalue weighted by molar-refractivity contribution is 5.75. The summed E-state index contributed by atoms with van der Waals surface area (Å²) in [6.45, 7) is 3.03. The van der Waals surface area contributed by atoms with Crippen LogP contribution in [-0.2, 0) is 4.79 Å². The van der Waals surface area contributed by atoms with E-state index in [1.807, 2.05) is 11.8 Å². The van der Waals surface area contributed by atoms with Gasteiger partial charge >= 0.3 is 5.97 Å². The smallest absolute Gasteiger partial charge is 0.311 e. The lowest BCUT2D eigenvalue weighted by Gasteiger charge is -2.39. The lowest BCUT2D eigenvalue weighted by Crippen LogP contribution is -2.48. The fraction of sp³-hybridized carbons (Fsp3) is 0.643. The van der Waals surface area contributed by atoms with E-state index in [0.29, 0.717) is 37.1 Å². The van der Waals surface area contributed by atoms with Crippen molar-refractivity contribution in [3.63, 3.8) is 0 Å². The number of aliphatic carboxylic acids is 1. The zero-order chi connectivity index (χ0) is 15.5. The van der Waals surface area contributed by atoms with Crippen LogP contribution in [0.25, 0.3) is 0 Å². The number of carboxylic acids is 1. The summed E-state index contributed by atoms with van der Waals surface area (Å²) in [7, 11) is 3.05. The molecule has 1 aliphatic rings. The number of rotatable bonds is 5. The van der Waals surface area contributed by atoms with Crippen LogP contribution in [0.4, 0.5) is 5.95 Å². The molecule has 0 aromatic carbocycles. The number of piperidine rings is 1. The Morgan fingerprint density at radius 3 is 2.48 bits per heavy atom. The van der Waals surface area contributed by atoms with Crippen LogP contribution in [0.3, 0.4) is 0 Å². The molecule has 0 amide bonds. The first-order valence-electron chi connectivity index (χ1n) is 7.00. The van der Waals surface area contributed by atoms with Gasteiger partial charge in [0.15, 0.2) is 0 Å². The largest absolute Gasteiger partial charge is 0.481 e. The molecule has 0 bridgehead atoms. The summed E-state index contributed by atoms with van der Waals surface area (Å²) in [4.78, 5) is 22.1. The normalized spacial score (nSPS) is 22.0. The fourth-order valence-electron chi connectivity index (χ4n) is 2.66. The van der Waals surface area contributed by atoms with Crippen molar-refractivity contribution >= 4 is 11.9 Å². The van der Waals surface area contributed by atoms with Gasteiger partial charge in [0.1, 0.15) is 0 Å². The van der Waals surface area contributed by atoms with Crippen LogP contribution in [0.15, 0.2) is 6.07 Å². The Morgan fingerprint density at radius 1 is 1.38 bits per heavy atom. The Bertz CT molecular complexity index is 501. The van der Waals surface area contributed by atoms with Crippen molar-refractivity contribution in [1.82, 2.24) is 9.97 Å². The highest BCUT2D eigenvalue weighted by Crippen LogP contribution is 2.35. The van der Waals surface area contributed by atoms with Crippen molar-refractivity contribution in [3.05, 3.63) is 6.07 Å². The summed E-state index contributed by atoms with van der Waals surface area (Å²) in [6.07, 6.45) is 2.05. The summed E-state index contributed by atoms with van der Waals surface area (Å²) >= 11 is 0. The summed E-state index contributed by atoms with van der Waals surface area (Å²) in [5, 5.41) is 9.54. The molecule has 1 aromatic heterocycles. The molecular weight excluding hydrogens is 274 g/mol. The number of carboxylic acid groups (broad SMARTS) is 1. The minimum Gasteiger partial charge on any atom is -0.481 e. The van der Waals surface area contributed by atoms with E-state index in [0.717, 1.165) is 13.0 Å². The summed E-state index contributed by atoms with van der Waals surface area (Å²) in [5.74, 6) is 0.495. The van der Waals surface area contributed by atoms with E-state index in [1.54, 1.807) is 6.07 Å². The first-order valence-corrected chi connectivity index (χ1v) is 7.00. The van der Waals surface area contributed by atoms with E-state index in [2.05, 4.69) is 9.97 Å². The maximum absolute atomic E-state index is 11.6. The molecule has 0 saturated carbocycles. The van der Waals surface area contributed by atoms with Gasteiger partial charge in [0, 0.05) is 13.1 Å². The molecule has 1 aliphatic heterocycles. The average molecular weight is 295 g/mol. The van der Waals surface area contributed by atoms with Crippen LogP contribution in [0.1, 0.15) is 26.2 Å². The molecule has 7 heteroatoms. The Hall–Kier alpha value is -2.05. The summed E-state index contributed by atoms with van der Waals surface area (Å²) in [6, 6.07) is 1.59. The quantitative estimate of drug-likeness (QED) is 0.882. The Morgan fingerprint density at radius 2 is 2.00 bits per heavy atom. The number of hydrogen-bond donors (Lipinski definition) is 1. The van der Waals surface area contributed by atoms with Crippen LogP contribution in [0, 0.1) is 5.41 Å². The predicted molar refractivity (Wildman–Crippen MR) is 76.9 cm³/mol. The molecule has 1 saturated heterocycles.